The van der Waals surface area contributed by atoms with Crippen molar-refractivity contribution in [2.75, 3.05) is 5.32 Å². The Morgan fingerprint density at radius 1 is 1.09 bits per heavy atom. The van der Waals surface area contributed by atoms with Crippen LogP contribution in [0.3, 0.4) is 0 Å². The molecule has 23 heavy (non-hydrogen) atoms. The molecule has 0 spiro atoms. The first-order chi connectivity index (χ1) is 10.9. The highest BCUT2D eigenvalue weighted by Gasteiger charge is 2.21. The molecule has 2 rings (SSSR count). The van der Waals surface area contributed by atoms with E-state index in [1.807, 2.05) is 31.2 Å². The maximum Gasteiger partial charge on any atom is 0.307 e. The van der Waals surface area contributed by atoms with Gasteiger partial charge in [0.2, 0.25) is 5.91 Å². The monoisotopic (exact) mass is 315 g/mol. The zero-order chi connectivity index (χ0) is 16.8. The van der Waals surface area contributed by atoms with Crippen molar-refractivity contribution in [3.8, 4) is 0 Å². The molecule has 0 saturated heterocycles. The van der Waals surface area contributed by atoms with E-state index in [4.69, 9.17) is 0 Å². The number of amides is 1. The van der Waals surface area contributed by atoms with E-state index in [9.17, 15) is 19.1 Å². The summed E-state index contributed by atoms with van der Waals surface area (Å²) in [4.78, 5) is 23.4. The summed E-state index contributed by atoms with van der Waals surface area (Å²) in [6, 6.07) is 12.9. The van der Waals surface area contributed by atoms with Crippen LogP contribution in [0.5, 0.6) is 0 Å². The van der Waals surface area contributed by atoms with Crippen LogP contribution in [0.15, 0.2) is 48.5 Å². The molecule has 2 aromatic carbocycles. The SMILES string of the molecule is Cc1ccc(C[C@@H](CC(=O)Nc2ccc(F)cc2)C(=O)O)cc1. The fourth-order valence-corrected chi connectivity index (χ4v) is 2.22. The van der Waals surface area contributed by atoms with Gasteiger partial charge in [-0.2, -0.15) is 0 Å². The number of hydrogen-bond donors (Lipinski definition) is 2. The number of carboxylic acids is 1. The summed E-state index contributed by atoms with van der Waals surface area (Å²) in [5.74, 6) is -2.63. The van der Waals surface area contributed by atoms with E-state index in [1.165, 1.54) is 24.3 Å². The fourth-order valence-electron chi connectivity index (χ4n) is 2.22. The van der Waals surface area contributed by atoms with E-state index in [2.05, 4.69) is 5.32 Å². The van der Waals surface area contributed by atoms with Gasteiger partial charge in [0.25, 0.3) is 0 Å². The number of nitrogens with one attached hydrogen (secondary N) is 1. The molecular formula is C18H18FNO3. The zero-order valence-electron chi connectivity index (χ0n) is 12.8. The second-order valence-corrected chi connectivity index (χ2v) is 5.48. The predicted molar refractivity (Wildman–Crippen MR) is 85.7 cm³/mol. The lowest BCUT2D eigenvalue weighted by Crippen LogP contribution is -2.24. The molecule has 5 heteroatoms. The van der Waals surface area contributed by atoms with E-state index in [0.717, 1.165) is 11.1 Å². The van der Waals surface area contributed by atoms with Crippen molar-refractivity contribution in [1.29, 1.82) is 0 Å². The summed E-state index contributed by atoms with van der Waals surface area (Å²) >= 11 is 0. The van der Waals surface area contributed by atoms with Crippen LogP contribution in [0.2, 0.25) is 0 Å². The molecule has 2 aromatic rings. The highest BCUT2D eigenvalue weighted by Crippen LogP contribution is 2.16. The molecule has 0 fully saturated rings. The van der Waals surface area contributed by atoms with Gasteiger partial charge in [-0.1, -0.05) is 29.8 Å². The number of aliphatic carboxylic acids is 1. The Labute approximate surface area is 134 Å². The van der Waals surface area contributed by atoms with E-state index in [-0.39, 0.29) is 12.8 Å². The van der Waals surface area contributed by atoms with E-state index >= 15 is 0 Å². The maximum atomic E-state index is 12.8. The van der Waals surface area contributed by atoms with E-state index in [1.54, 1.807) is 0 Å². The van der Waals surface area contributed by atoms with Gasteiger partial charge in [-0.25, -0.2) is 4.39 Å². The van der Waals surface area contributed by atoms with Gasteiger partial charge in [0.15, 0.2) is 0 Å². The number of aryl methyl sites for hydroxylation is 1. The summed E-state index contributed by atoms with van der Waals surface area (Å²) < 4.78 is 12.8. The Bertz CT molecular complexity index is 680. The zero-order valence-corrected chi connectivity index (χ0v) is 12.8. The molecule has 1 amide bonds. The highest BCUT2D eigenvalue weighted by molar-refractivity contribution is 5.93. The van der Waals surface area contributed by atoms with Crippen LogP contribution < -0.4 is 5.32 Å². The van der Waals surface area contributed by atoms with Crippen LogP contribution in [0, 0.1) is 18.7 Å². The largest absolute Gasteiger partial charge is 0.481 e. The number of hydrogen-bond acceptors (Lipinski definition) is 2. The Balaban J connectivity index is 1.98. The molecule has 0 aliphatic rings. The molecule has 0 bridgehead atoms. The molecule has 0 aromatic heterocycles. The standard InChI is InChI=1S/C18H18FNO3/c1-12-2-4-13(5-3-12)10-14(18(22)23)11-17(21)20-16-8-6-15(19)7-9-16/h2-9,14H,10-11H2,1H3,(H,20,21)(H,22,23)/t14-/m0/s1. The average molecular weight is 315 g/mol. The molecular weight excluding hydrogens is 297 g/mol. The third-order valence-electron chi connectivity index (χ3n) is 3.51. The first-order valence-electron chi connectivity index (χ1n) is 7.28. The Hall–Kier alpha value is -2.69. The summed E-state index contributed by atoms with van der Waals surface area (Å²) in [6.45, 7) is 1.95. The molecule has 4 nitrogen and oxygen atoms in total. The van der Waals surface area contributed by atoms with Crippen LogP contribution in [0.1, 0.15) is 17.5 Å². The lowest BCUT2D eigenvalue weighted by atomic mass is 9.95. The summed E-state index contributed by atoms with van der Waals surface area (Å²) in [7, 11) is 0. The quantitative estimate of drug-likeness (QED) is 0.858. The minimum Gasteiger partial charge on any atom is -0.481 e. The number of carbonyl (C=O) groups excluding carboxylic acids is 1. The minimum absolute atomic E-state index is 0.138. The lowest BCUT2D eigenvalue weighted by molar-refractivity contribution is -0.143. The van der Waals surface area contributed by atoms with Crippen molar-refractivity contribution in [2.45, 2.75) is 19.8 Å². The van der Waals surface area contributed by atoms with Crippen molar-refractivity contribution in [2.24, 2.45) is 5.92 Å². The third-order valence-corrected chi connectivity index (χ3v) is 3.51. The topological polar surface area (TPSA) is 66.4 Å². The molecule has 0 unspecified atom stereocenters. The molecule has 0 aliphatic carbocycles. The van der Waals surface area contributed by atoms with E-state index < -0.39 is 23.6 Å². The fraction of sp³-hybridized carbons (Fsp3) is 0.222. The van der Waals surface area contributed by atoms with Gasteiger partial charge in [-0.15, -0.1) is 0 Å². The van der Waals surface area contributed by atoms with Crippen LogP contribution in [-0.2, 0) is 16.0 Å². The molecule has 1 atom stereocenters. The normalized spacial score (nSPS) is 11.7. The second kappa shape index (κ2) is 7.54. The van der Waals surface area contributed by atoms with Gasteiger partial charge in [-0.3, -0.25) is 9.59 Å². The molecule has 0 saturated carbocycles. The van der Waals surface area contributed by atoms with Crippen molar-refractivity contribution in [3.63, 3.8) is 0 Å². The number of halogens is 1. The summed E-state index contributed by atoms with van der Waals surface area (Å²) in [5, 5.41) is 11.9. The number of carboxylic acid groups (broad SMARTS) is 1. The first-order valence-corrected chi connectivity index (χ1v) is 7.28. The van der Waals surface area contributed by atoms with Crippen LogP contribution in [-0.4, -0.2) is 17.0 Å². The van der Waals surface area contributed by atoms with Crippen molar-refractivity contribution in [3.05, 3.63) is 65.5 Å². The van der Waals surface area contributed by atoms with Crippen LogP contribution >= 0.6 is 0 Å². The minimum atomic E-state index is -1.01. The van der Waals surface area contributed by atoms with Gasteiger partial charge in [0.1, 0.15) is 5.82 Å². The number of carbonyl (C=O) groups is 2. The van der Waals surface area contributed by atoms with Crippen LogP contribution in [0.25, 0.3) is 0 Å². The van der Waals surface area contributed by atoms with Crippen molar-refractivity contribution >= 4 is 17.6 Å². The molecule has 120 valence electrons. The van der Waals surface area contributed by atoms with Gasteiger partial charge >= 0.3 is 5.97 Å². The molecule has 0 heterocycles. The molecule has 0 aliphatic heterocycles. The summed E-state index contributed by atoms with van der Waals surface area (Å²) in [5.41, 5.74) is 2.41. The van der Waals surface area contributed by atoms with Gasteiger partial charge in [-0.05, 0) is 43.2 Å². The Morgan fingerprint density at radius 3 is 2.26 bits per heavy atom. The summed E-state index contributed by atoms with van der Waals surface area (Å²) in [6.07, 6.45) is 0.146. The van der Waals surface area contributed by atoms with Gasteiger partial charge in [0, 0.05) is 12.1 Å². The van der Waals surface area contributed by atoms with E-state index in [0.29, 0.717) is 5.69 Å². The first kappa shape index (κ1) is 16.7. The smallest absolute Gasteiger partial charge is 0.307 e. The van der Waals surface area contributed by atoms with Gasteiger partial charge < -0.3 is 10.4 Å². The maximum absolute atomic E-state index is 12.8. The van der Waals surface area contributed by atoms with Gasteiger partial charge in [0.05, 0.1) is 5.92 Å². The average Bonchev–Trinajstić information content (AvgIpc) is 2.51. The Kier molecular flexibility index (Phi) is 5.46. The molecule has 0 radical (unpaired) electrons. The lowest BCUT2D eigenvalue weighted by Gasteiger charge is -2.13. The number of benzene rings is 2. The highest BCUT2D eigenvalue weighted by atomic mass is 19.1. The molecule has 2 N–H and O–H groups in total. The number of anilines is 1. The predicted octanol–water partition coefficient (Wildman–Crippen LogP) is 3.41. The number of rotatable bonds is 6. The van der Waals surface area contributed by atoms with Crippen molar-refractivity contribution in [1.82, 2.24) is 0 Å². The second-order valence-electron chi connectivity index (χ2n) is 5.48. The van der Waals surface area contributed by atoms with Crippen LogP contribution in [0.4, 0.5) is 10.1 Å². The van der Waals surface area contributed by atoms with Crippen molar-refractivity contribution < 1.29 is 19.1 Å². The Morgan fingerprint density at radius 2 is 1.70 bits per heavy atom. The third kappa shape index (κ3) is 5.21.